The van der Waals surface area contributed by atoms with Crippen molar-refractivity contribution >= 4 is 32.9 Å². The van der Waals surface area contributed by atoms with Gasteiger partial charge < -0.3 is 10.1 Å². The molecular weight excluding hydrogens is 452 g/mol. The topological polar surface area (TPSA) is 92.1 Å². The Morgan fingerprint density at radius 2 is 1.82 bits per heavy atom. The fourth-order valence-corrected chi connectivity index (χ4v) is 4.81. The van der Waals surface area contributed by atoms with Crippen LogP contribution in [0.5, 0.6) is 5.75 Å². The minimum atomic E-state index is -3.43. The van der Waals surface area contributed by atoms with Crippen LogP contribution < -0.4 is 14.4 Å². The first-order chi connectivity index (χ1) is 16.2. The summed E-state index contributed by atoms with van der Waals surface area (Å²) in [6.07, 6.45) is 2.92. The van der Waals surface area contributed by atoms with E-state index in [-0.39, 0.29) is 0 Å². The van der Waals surface area contributed by atoms with Crippen molar-refractivity contribution in [2.24, 2.45) is 0 Å². The second-order valence-corrected chi connectivity index (χ2v) is 10.5. The van der Waals surface area contributed by atoms with Crippen molar-refractivity contribution in [3.05, 3.63) is 65.9 Å². The van der Waals surface area contributed by atoms with E-state index in [9.17, 15) is 8.42 Å². The van der Waals surface area contributed by atoms with Crippen LogP contribution >= 0.6 is 0 Å². The van der Waals surface area contributed by atoms with Gasteiger partial charge in [0.2, 0.25) is 16.0 Å². The molecule has 0 saturated carbocycles. The smallest absolute Gasteiger partial charge is 0.245 e. The first-order valence-electron chi connectivity index (χ1n) is 10.8. The number of ether oxygens (including phenoxy) is 1. The normalized spacial score (nSPS) is 13.8. The quantitative estimate of drug-likeness (QED) is 0.454. The number of fused-ring (bicyclic) bond motifs is 2. The summed E-state index contributed by atoms with van der Waals surface area (Å²) in [7, 11) is 1.85. The summed E-state index contributed by atoms with van der Waals surface area (Å²) >= 11 is 0. The van der Waals surface area contributed by atoms with Gasteiger partial charge in [0.15, 0.2) is 0 Å². The summed E-state index contributed by atoms with van der Waals surface area (Å²) in [4.78, 5) is 6.72. The van der Waals surface area contributed by atoms with Gasteiger partial charge in [0.05, 0.1) is 42.1 Å². The molecule has 0 atom stereocenters. The van der Waals surface area contributed by atoms with E-state index in [2.05, 4.69) is 34.4 Å². The predicted octanol–water partition coefficient (Wildman–Crippen LogP) is 3.49. The number of hydrogen-bond acceptors (Lipinski definition) is 7. The molecule has 0 bridgehead atoms. The van der Waals surface area contributed by atoms with E-state index < -0.39 is 10.0 Å². The molecule has 34 heavy (non-hydrogen) atoms. The van der Waals surface area contributed by atoms with E-state index in [0.29, 0.717) is 11.6 Å². The van der Waals surface area contributed by atoms with Crippen LogP contribution in [0.25, 0.3) is 16.8 Å². The van der Waals surface area contributed by atoms with Gasteiger partial charge in [-0.1, -0.05) is 18.2 Å². The molecule has 1 aliphatic rings. The molecule has 3 heterocycles. The number of rotatable bonds is 6. The predicted molar refractivity (Wildman–Crippen MR) is 133 cm³/mol. The Morgan fingerprint density at radius 1 is 1.09 bits per heavy atom. The van der Waals surface area contributed by atoms with Crippen molar-refractivity contribution in [3.63, 3.8) is 0 Å². The van der Waals surface area contributed by atoms with Gasteiger partial charge in [-0.05, 0) is 48.5 Å². The van der Waals surface area contributed by atoms with Crippen LogP contribution in [0.15, 0.2) is 54.7 Å². The first kappa shape index (κ1) is 22.2. The average molecular weight is 479 g/mol. The number of methoxy groups -OCH3 is 1. The van der Waals surface area contributed by atoms with Gasteiger partial charge in [-0.25, -0.2) is 17.9 Å². The third-order valence-electron chi connectivity index (χ3n) is 6.06. The molecule has 0 fully saturated rings. The molecule has 5 rings (SSSR count). The maximum atomic E-state index is 12.2. The van der Waals surface area contributed by atoms with E-state index in [4.69, 9.17) is 9.84 Å². The van der Waals surface area contributed by atoms with Crippen LogP contribution in [-0.4, -0.2) is 55.4 Å². The van der Waals surface area contributed by atoms with E-state index >= 15 is 0 Å². The second-order valence-electron chi connectivity index (χ2n) is 8.50. The Hall–Kier alpha value is -3.63. The molecule has 1 N–H and O–H groups in total. The number of nitrogens with zero attached hydrogens (tertiary/aromatic N) is 5. The summed E-state index contributed by atoms with van der Waals surface area (Å²) in [5.74, 6) is 1.13. The molecule has 1 aliphatic heterocycles. The van der Waals surface area contributed by atoms with Crippen LogP contribution in [0.2, 0.25) is 0 Å². The molecule has 2 aromatic carbocycles. The molecule has 4 aromatic rings. The summed E-state index contributed by atoms with van der Waals surface area (Å²) in [6.45, 7) is 1.77. The minimum Gasteiger partial charge on any atom is -0.495 e. The highest BCUT2D eigenvalue weighted by molar-refractivity contribution is 7.92. The lowest BCUT2D eigenvalue weighted by Gasteiger charge is -2.20. The molecule has 0 aliphatic carbocycles. The maximum absolute atomic E-state index is 12.2. The highest BCUT2D eigenvalue weighted by Gasteiger charge is 2.21. The maximum Gasteiger partial charge on any atom is 0.245 e. The first-order valence-corrected chi connectivity index (χ1v) is 12.6. The SMILES string of the molecule is COc1cc2c(cc1Nc1ncc3ccc(-c4ccccc4N(C)S(C)(=O)=O)n3n1)CN(C)C2. The lowest BCUT2D eigenvalue weighted by atomic mass is 10.1. The van der Waals surface area contributed by atoms with Crippen molar-refractivity contribution in [2.45, 2.75) is 13.1 Å². The second kappa shape index (κ2) is 8.30. The number of para-hydroxylation sites is 1. The molecule has 9 nitrogen and oxygen atoms in total. The molecule has 0 spiro atoms. The molecule has 0 radical (unpaired) electrons. The van der Waals surface area contributed by atoms with Gasteiger partial charge in [0.25, 0.3) is 0 Å². The zero-order chi connectivity index (χ0) is 24.0. The fraction of sp³-hybridized carbons (Fsp3) is 0.250. The Bertz CT molecular complexity index is 1500. The number of sulfonamides is 1. The van der Waals surface area contributed by atoms with Gasteiger partial charge in [0.1, 0.15) is 5.75 Å². The third kappa shape index (κ3) is 3.95. The molecule has 10 heteroatoms. The zero-order valence-electron chi connectivity index (χ0n) is 19.5. The molecule has 0 unspecified atom stereocenters. The number of nitrogens with one attached hydrogen (secondary N) is 1. The van der Waals surface area contributed by atoms with Gasteiger partial charge >= 0.3 is 0 Å². The van der Waals surface area contributed by atoms with Crippen molar-refractivity contribution in [2.75, 3.05) is 37.1 Å². The average Bonchev–Trinajstić information content (AvgIpc) is 3.39. The third-order valence-corrected chi connectivity index (χ3v) is 7.26. The van der Waals surface area contributed by atoms with Gasteiger partial charge in [-0.3, -0.25) is 9.21 Å². The lowest BCUT2D eigenvalue weighted by Crippen LogP contribution is -2.25. The highest BCUT2D eigenvalue weighted by Crippen LogP contribution is 2.35. The van der Waals surface area contributed by atoms with Crippen LogP contribution in [-0.2, 0) is 23.1 Å². The van der Waals surface area contributed by atoms with Gasteiger partial charge in [-0.2, -0.15) is 0 Å². The number of aromatic nitrogens is 3. The van der Waals surface area contributed by atoms with Crippen LogP contribution in [0.3, 0.4) is 0 Å². The van der Waals surface area contributed by atoms with Crippen LogP contribution in [0.4, 0.5) is 17.3 Å². The van der Waals surface area contributed by atoms with Crippen LogP contribution in [0, 0.1) is 0 Å². The van der Waals surface area contributed by atoms with Crippen molar-refractivity contribution in [3.8, 4) is 17.0 Å². The number of anilines is 3. The molecule has 0 saturated heterocycles. The minimum absolute atomic E-state index is 0.406. The van der Waals surface area contributed by atoms with Crippen molar-refractivity contribution < 1.29 is 13.2 Å². The molecule has 2 aromatic heterocycles. The van der Waals surface area contributed by atoms with E-state index in [1.807, 2.05) is 30.3 Å². The standard InChI is InChI=1S/C24H26N6O3S/c1-28-14-16-11-20(23(33-3)12-17(16)15-28)26-24-25-13-18-9-10-22(30(18)27-24)19-7-5-6-8-21(19)29(2)34(4,31)32/h5-13H,14-15H2,1-4H3,(H,26,27). The summed E-state index contributed by atoms with van der Waals surface area (Å²) < 4.78 is 33.1. The van der Waals surface area contributed by atoms with Crippen molar-refractivity contribution in [1.29, 1.82) is 0 Å². The number of hydrogen-bond donors (Lipinski definition) is 1. The Labute approximate surface area is 198 Å². The van der Waals surface area contributed by atoms with E-state index in [1.54, 1.807) is 30.9 Å². The Morgan fingerprint density at radius 3 is 2.56 bits per heavy atom. The van der Waals surface area contributed by atoms with E-state index in [0.717, 1.165) is 41.3 Å². The van der Waals surface area contributed by atoms with E-state index in [1.165, 1.54) is 21.7 Å². The zero-order valence-corrected chi connectivity index (χ0v) is 20.3. The number of benzene rings is 2. The molecular formula is C24H26N6O3S. The highest BCUT2D eigenvalue weighted by atomic mass is 32.2. The van der Waals surface area contributed by atoms with Gasteiger partial charge in [-0.15, -0.1) is 5.10 Å². The summed E-state index contributed by atoms with van der Waals surface area (Å²) in [5.41, 5.74) is 6.16. The van der Waals surface area contributed by atoms with Gasteiger partial charge in [0, 0.05) is 25.7 Å². The fourth-order valence-electron chi connectivity index (χ4n) is 4.29. The Balaban J connectivity index is 1.56. The monoisotopic (exact) mass is 478 g/mol. The molecule has 0 amide bonds. The lowest BCUT2D eigenvalue weighted by molar-refractivity contribution is 0.353. The summed E-state index contributed by atoms with van der Waals surface area (Å²) in [5, 5.41) is 8.01. The summed E-state index contributed by atoms with van der Waals surface area (Å²) in [6, 6.07) is 15.3. The van der Waals surface area contributed by atoms with Crippen LogP contribution in [0.1, 0.15) is 11.1 Å². The Kier molecular flexibility index (Phi) is 5.41. The molecule has 176 valence electrons. The largest absolute Gasteiger partial charge is 0.495 e. The van der Waals surface area contributed by atoms with Crippen molar-refractivity contribution in [1.82, 2.24) is 19.5 Å².